The summed E-state index contributed by atoms with van der Waals surface area (Å²) in [4.78, 5) is 26.8. The molecule has 0 bridgehead atoms. The summed E-state index contributed by atoms with van der Waals surface area (Å²) in [5.74, 6) is 0.504. The molecule has 0 radical (unpaired) electrons. The lowest BCUT2D eigenvalue weighted by atomic mass is 10.3. The Labute approximate surface area is 116 Å². The van der Waals surface area contributed by atoms with Crippen LogP contribution in [0.25, 0.3) is 0 Å². The Morgan fingerprint density at radius 2 is 1.89 bits per heavy atom. The molecule has 2 heterocycles. The maximum absolute atomic E-state index is 12.0. The smallest absolute Gasteiger partial charge is 0.233 e. The van der Waals surface area contributed by atoms with Gasteiger partial charge in [0.15, 0.2) is 5.16 Å². The highest BCUT2D eigenvalue weighted by Gasteiger charge is 2.22. The summed E-state index contributed by atoms with van der Waals surface area (Å²) in [6.07, 6.45) is 1.61. The highest BCUT2D eigenvalue weighted by Crippen LogP contribution is 2.14. The molecular weight excluding hydrogens is 266 g/mol. The van der Waals surface area contributed by atoms with E-state index in [0.29, 0.717) is 31.9 Å². The maximum Gasteiger partial charge on any atom is 0.233 e. The summed E-state index contributed by atoms with van der Waals surface area (Å²) in [5, 5.41) is 8.42. The first-order valence-electron chi connectivity index (χ1n) is 6.08. The van der Waals surface area contributed by atoms with Crippen LogP contribution in [0.1, 0.15) is 6.92 Å². The number of nitrogens with zero attached hydrogens (tertiary/aromatic N) is 5. The molecule has 19 heavy (non-hydrogen) atoms. The summed E-state index contributed by atoms with van der Waals surface area (Å²) in [6, 6.07) is 0. The summed E-state index contributed by atoms with van der Waals surface area (Å²) < 4.78 is 1.78. The van der Waals surface area contributed by atoms with Gasteiger partial charge in [0.1, 0.15) is 6.33 Å². The average Bonchev–Trinajstić information content (AvgIpc) is 2.81. The van der Waals surface area contributed by atoms with Crippen molar-refractivity contribution in [1.82, 2.24) is 24.6 Å². The molecule has 1 aliphatic rings. The quantitative estimate of drug-likeness (QED) is 0.706. The Hall–Kier alpha value is -1.57. The van der Waals surface area contributed by atoms with E-state index in [0.717, 1.165) is 5.16 Å². The molecule has 1 aromatic rings. The lowest BCUT2D eigenvalue weighted by molar-refractivity contribution is -0.136. The normalized spacial score (nSPS) is 15.7. The number of aryl methyl sites for hydroxylation is 1. The minimum atomic E-state index is 0.0700. The van der Waals surface area contributed by atoms with E-state index in [2.05, 4.69) is 10.2 Å². The Bertz CT molecular complexity index is 467. The molecule has 2 amide bonds. The van der Waals surface area contributed by atoms with Gasteiger partial charge >= 0.3 is 0 Å². The molecule has 1 fully saturated rings. The van der Waals surface area contributed by atoms with Crippen molar-refractivity contribution in [3.63, 3.8) is 0 Å². The van der Waals surface area contributed by atoms with E-state index in [-0.39, 0.29) is 11.8 Å². The number of piperazine rings is 1. The van der Waals surface area contributed by atoms with Crippen molar-refractivity contribution in [3.8, 4) is 0 Å². The fraction of sp³-hybridized carbons (Fsp3) is 0.636. The second-order valence-electron chi connectivity index (χ2n) is 4.40. The van der Waals surface area contributed by atoms with E-state index in [1.165, 1.54) is 11.8 Å². The molecule has 104 valence electrons. The molecule has 0 aliphatic carbocycles. The molecule has 0 saturated carbocycles. The zero-order valence-corrected chi connectivity index (χ0v) is 11.9. The van der Waals surface area contributed by atoms with Crippen LogP contribution < -0.4 is 0 Å². The van der Waals surface area contributed by atoms with Crippen LogP contribution >= 0.6 is 11.8 Å². The summed E-state index contributed by atoms with van der Waals surface area (Å²) in [6.45, 7) is 4.02. The van der Waals surface area contributed by atoms with E-state index < -0.39 is 0 Å². The highest BCUT2D eigenvalue weighted by atomic mass is 32.2. The summed E-state index contributed by atoms with van der Waals surface area (Å²) >= 11 is 1.38. The van der Waals surface area contributed by atoms with Crippen molar-refractivity contribution in [2.24, 2.45) is 7.05 Å². The van der Waals surface area contributed by atoms with Crippen molar-refractivity contribution in [2.75, 3.05) is 31.9 Å². The third-order valence-corrected chi connectivity index (χ3v) is 4.09. The Kier molecular flexibility index (Phi) is 4.41. The van der Waals surface area contributed by atoms with Crippen molar-refractivity contribution < 1.29 is 9.59 Å². The van der Waals surface area contributed by atoms with Crippen molar-refractivity contribution in [1.29, 1.82) is 0 Å². The van der Waals surface area contributed by atoms with Gasteiger partial charge in [-0.2, -0.15) is 0 Å². The largest absolute Gasteiger partial charge is 0.339 e. The van der Waals surface area contributed by atoms with Crippen LogP contribution in [0, 0.1) is 0 Å². The van der Waals surface area contributed by atoms with Crippen LogP contribution in [0.2, 0.25) is 0 Å². The van der Waals surface area contributed by atoms with Gasteiger partial charge in [0.25, 0.3) is 0 Å². The molecule has 1 aromatic heterocycles. The fourth-order valence-corrected chi connectivity index (χ4v) is 2.68. The maximum atomic E-state index is 12.0. The average molecular weight is 283 g/mol. The van der Waals surface area contributed by atoms with Crippen LogP contribution in [0.3, 0.4) is 0 Å². The fourth-order valence-electron chi connectivity index (χ4n) is 1.89. The summed E-state index contributed by atoms with van der Waals surface area (Å²) in [5.41, 5.74) is 0. The number of rotatable bonds is 3. The highest BCUT2D eigenvalue weighted by molar-refractivity contribution is 7.99. The molecule has 0 aromatic carbocycles. The number of aromatic nitrogens is 3. The predicted octanol–water partition coefficient (Wildman–Crippen LogP) is -0.402. The number of hydrogen-bond donors (Lipinski definition) is 0. The van der Waals surface area contributed by atoms with Crippen LogP contribution in [-0.4, -0.2) is 68.3 Å². The minimum Gasteiger partial charge on any atom is -0.339 e. The van der Waals surface area contributed by atoms with Gasteiger partial charge in [0.05, 0.1) is 5.75 Å². The predicted molar refractivity (Wildman–Crippen MR) is 70.6 cm³/mol. The third kappa shape index (κ3) is 3.46. The van der Waals surface area contributed by atoms with E-state index in [9.17, 15) is 9.59 Å². The molecule has 8 heteroatoms. The van der Waals surface area contributed by atoms with Gasteiger partial charge in [-0.1, -0.05) is 11.8 Å². The van der Waals surface area contributed by atoms with Crippen molar-refractivity contribution in [2.45, 2.75) is 12.1 Å². The Morgan fingerprint density at radius 3 is 2.42 bits per heavy atom. The Morgan fingerprint density at radius 1 is 1.26 bits per heavy atom. The molecule has 2 rings (SSSR count). The molecule has 1 saturated heterocycles. The van der Waals surface area contributed by atoms with Crippen molar-refractivity contribution >= 4 is 23.6 Å². The Balaban J connectivity index is 1.79. The molecule has 0 atom stereocenters. The van der Waals surface area contributed by atoms with Gasteiger partial charge in [-0.3, -0.25) is 9.59 Å². The standard InChI is InChI=1S/C11H17N5O2S/c1-9(17)15-3-5-16(6-4-15)10(18)7-19-11-13-12-8-14(11)2/h8H,3-7H2,1-2H3. The number of amides is 2. The zero-order valence-electron chi connectivity index (χ0n) is 11.1. The summed E-state index contributed by atoms with van der Waals surface area (Å²) in [7, 11) is 1.85. The number of hydrogen-bond acceptors (Lipinski definition) is 5. The topological polar surface area (TPSA) is 71.3 Å². The monoisotopic (exact) mass is 283 g/mol. The second kappa shape index (κ2) is 6.05. The van der Waals surface area contributed by atoms with Crippen LogP contribution in [-0.2, 0) is 16.6 Å². The lowest BCUT2D eigenvalue weighted by Crippen LogP contribution is -2.50. The van der Waals surface area contributed by atoms with Gasteiger partial charge in [-0.15, -0.1) is 10.2 Å². The second-order valence-corrected chi connectivity index (χ2v) is 5.34. The molecule has 7 nitrogen and oxygen atoms in total. The lowest BCUT2D eigenvalue weighted by Gasteiger charge is -2.34. The van der Waals surface area contributed by atoms with Gasteiger partial charge in [-0.25, -0.2) is 0 Å². The van der Waals surface area contributed by atoms with Gasteiger partial charge in [-0.05, 0) is 0 Å². The SMILES string of the molecule is CC(=O)N1CCN(C(=O)CSc2nncn2C)CC1. The molecule has 0 spiro atoms. The van der Waals surface area contributed by atoms with E-state index in [4.69, 9.17) is 0 Å². The van der Waals surface area contributed by atoms with Gasteiger partial charge in [0.2, 0.25) is 11.8 Å². The van der Waals surface area contributed by atoms with Gasteiger partial charge < -0.3 is 14.4 Å². The molecule has 0 N–H and O–H groups in total. The minimum absolute atomic E-state index is 0.0700. The van der Waals surface area contributed by atoms with E-state index in [1.54, 1.807) is 27.6 Å². The number of carbonyl (C=O) groups is 2. The first kappa shape index (κ1) is 13.9. The molecule has 1 aliphatic heterocycles. The number of carbonyl (C=O) groups excluding carboxylic acids is 2. The van der Waals surface area contributed by atoms with Crippen LogP contribution in [0.5, 0.6) is 0 Å². The first-order chi connectivity index (χ1) is 9.08. The zero-order chi connectivity index (χ0) is 13.8. The first-order valence-corrected chi connectivity index (χ1v) is 7.06. The molecular formula is C11H17N5O2S. The van der Waals surface area contributed by atoms with E-state index in [1.807, 2.05) is 7.05 Å². The van der Waals surface area contributed by atoms with Crippen LogP contribution in [0.15, 0.2) is 11.5 Å². The number of thioether (sulfide) groups is 1. The third-order valence-electron chi connectivity index (χ3n) is 3.07. The van der Waals surface area contributed by atoms with Crippen LogP contribution in [0.4, 0.5) is 0 Å². The van der Waals surface area contributed by atoms with E-state index >= 15 is 0 Å². The molecule has 0 unspecified atom stereocenters. The van der Waals surface area contributed by atoms with Crippen molar-refractivity contribution in [3.05, 3.63) is 6.33 Å². The van der Waals surface area contributed by atoms with Gasteiger partial charge in [0, 0.05) is 40.2 Å².